The number of phenols is 1. The Balaban J connectivity index is 1.58. The largest absolute Gasteiger partial charge is 0.507 e. The number of nitrogens with zero attached hydrogens (tertiary/aromatic N) is 1. The van der Waals surface area contributed by atoms with Crippen molar-refractivity contribution >= 4 is 28.4 Å². The fourth-order valence-corrected chi connectivity index (χ4v) is 4.82. The summed E-state index contributed by atoms with van der Waals surface area (Å²) in [7, 11) is 2.97. The third-order valence-electron chi connectivity index (χ3n) is 6.77. The molecule has 3 N–H and O–H groups in total. The van der Waals surface area contributed by atoms with Crippen LogP contribution in [-0.4, -0.2) is 52.6 Å². The molecule has 5 rings (SSSR count). The van der Waals surface area contributed by atoms with Crippen LogP contribution in [0, 0.1) is 5.82 Å². The minimum atomic E-state index is -0.964. The van der Waals surface area contributed by atoms with Crippen molar-refractivity contribution in [1.29, 1.82) is 0 Å². The molecule has 1 atom stereocenters. The van der Waals surface area contributed by atoms with Crippen LogP contribution in [0.15, 0.2) is 72.4 Å². The van der Waals surface area contributed by atoms with E-state index in [0.717, 1.165) is 28.6 Å². The highest BCUT2D eigenvalue weighted by molar-refractivity contribution is 6.46. The van der Waals surface area contributed by atoms with E-state index in [-0.39, 0.29) is 29.2 Å². The fourth-order valence-electron chi connectivity index (χ4n) is 4.82. The predicted molar refractivity (Wildman–Crippen MR) is 139 cm³/mol. The maximum Gasteiger partial charge on any atom is 0.295 e. The Bertz CT molecular complexity index is 1570. The van der Waals surface area contributed by atoms with Crippen molar-refractivity contribution in [3.8, 4) is 17.2 Å². The second kappa shape index (κ2) is 9.93. The Labute approximate surface area is 217 Å². The normalized spacial score (nSPS) is 16.8. The molecule has 1 fully saturated rings. The number of aliphatic hydroxyl groups excluding tert-OH is 1. The van der Waals surface area contributed by atoms with Crippen LogP contribution >= 0.6 is 0 Å². The number of aromatic amines is 1. The van der Waals surface area contributed by atoms with E-state index in [1.165, 1.54) is 36.3 Å². The van der Waals surface area contributed by atoms with Crippen LogP contribution in [0.1, 0.15) is 22.7 Å². The smallest absolute Gasteiger partial charge is 0.295 e. The number of amides is 1. The predicted octanol–water partition coefficient (Wildman–Crippen LogP) is 4.69. The van der Waals surface area contributed by atoms with Crippen LogP contribution in [0.25, 0.3) is 16.7 Å². The van der Waals surface area contributed by atoms with Gasteiger partial charge in [0, 0.05) is 29.2 Å². The van der Waals surface area contributed by atoms with Gasteiger partial charge in [-0.15, -0.1) is 0 Å². The van der Waals surface area contributed by atoms with Gasteiger partial charge in [-0.25, -0.2) is 4.39 Å². The first-order valence-corrected chi connectivity index (χ1v) is 11.9. The van der Waals surface area contributed by atoms with Gasteiger partial charge >= 0.3 is 0 Å². The van der Waals surface area contributed by atoms with Crippen molar-refractivity contribution in [2.24, 2.45) is 0 Å². The zero-order chi connectivity index (χ0) is 27.0. The number of H-pyrrole nitrogens is 1. The number of Topliss-reactive ketones (excluding diaryl/α,β-unsaturated/α-hetero) is 1. The summed E-state index contributed by atoms with van der Waals surface area (Å²) in [5, 5.41) is 22.2. The van der Waals surface area contributed by atoms with Crippen LogP contribution in [0.3, 0.4) is 0 Å². The van der Waals surface area contributed by atoms with Crippen LogP contribution in [0.4, 0.5) is 4.39 Å². The Morgan fingerprint density at radius 3 is 2.50 bits per heavy atom. The number of aromatic nitrogens is 1. The molecule has 0 aliphatic carbocycles. The quantitative estimate of drug-likeness (QED) is 0.187. The van der Waals surface area contributed by atoms with Gasteiger partial charge in [-0.1, -0.05) is 6.07 Å². The van der Waals surface area contributed by atoms with E-state index in [1.54, 1.807) is 13.2 Å². The minimum absolute atomic E-state index is 0.112. The molecule has 0 radical (unpaired) electrons. The molecule has 2 heterocycles. The lowest BCUT2D eigenvalue weighted by Gasteiger charge is -2.25. The van der Waals surface area contributed by atoms with Crippen molar-refractivity contribution < 1.29 is 33.7 Å². The van der Waals surface area contributed by atoms with Gasteiger partial charge < -0.3 is 29.6 Å². The second-order valence-corrected chi connectivity index (χ2v) is 8.91. The van der Waals surface area contributed by atoms with E-state index >= 15 is 0 Å². The first-order chi connectivity index (χ1) is 18.3. The van der Waals surface area contributed by atoms with E-state index < -0.39 is 29.3 Å². The zero-order valence-electron chi connectivity index (χ0n) is 20.7. The van der Waals surface area contributed by atoms with Crippen molar-refractivity contribution in [2.45, 2.75) is 12.5 Å². The van der Waals surface area contributed by atoms with Crippen molar-refractivity contribution in [1.82, 2.24) is 9.88 Å². The summed E-state index contributed by atoms with van der Waals surface area (Å²) in [6, 6.07) is 14.2. The lowest BCUT2D eigenvalue weighted by atomic mass is 9.95. The number of ether oxygens (including phenoxy) is 2. The maximum atomic E-state index is 13.5. The summed E-state index contributed by atoms with van der Waals surface area (Å²) in [5.41, 5.74) is 2.35. The molecular formula is C29H25FN2O6. The summed E-state index contributed by atoms with van der Waals surface area (Å²) < 4.78 is 24.1. The molecule has 9 heteroatoms. The molecule has 1 aliphatic rings. The minimum Gasteiger partial charge on any atom is -0.507 e. The van der Waals surface area contributed by atoms with E-state index in [4.69, 9.17) is 9.47 Å². The molecule has 38 heavy (non-hydrogen) atoms. The molecule has 1 aromatic heterocycles. The number of rotatable bonds is 7. The molecule has 1 saturated heterocycles. The molecular weight excluding hydrogens is 491 g/mol. The van der Waals surface area contributed by atoms with Gasteiger partial charge in [0.25, 0.3) is 11.7 Å². The van der Waals surface area contributed by atoms with Crippen molar-refractivity contribution in [2.75, 3.05) is 20.8 Å². The number of fused-ring (bicyclic) bond motifs is 1. The number of carbonyl (C=O) groups excluding carboxylic acids is 2. The molecule has 0 spiro atoms. The number of aromatic hydroxyl groups is 1. The van der Waals surface area contributed by atoms with Crippen LogP contribution < -0.4 is 9.47 Å². The Morgan fingerprint density at radius 1 is 1.03 bits per heavy atom. The summed E-state index contributed by atoms with van der Waals surface area (Å²) in [4.78, 5) is 31.2. The summed E-state index contributed by atoms with van der Waals surface area (Å²) in [6.07, 6.45) is 2.25. The van der Waals surface area contributed by atoms with E-state index in [1.807, 2.05) is 24.4 Å². The summed E-state index contributed by atoms with van der Waals surface area (Å²) in [5.74, 6) is -1.82. The number of benzene rings is 3. The van der Waals surface area contributed by atoms with Gasteiger partial charge in [0.2, 0.25) is 0 Å². The van der Waals surface area contributed by atoms with Gasteiger partial charge in [-0.2, -0.15) is 0 Å². The lowest BCUT2D eigenvalue weighted by Crippen LogP contribution is -2.31. The van der Waals surface area contributed by atoms with E-state index in [0.29, 0.717) is 17.7 Å². The molecule has 194 valence electrons. The molecule has 0 saturated carbocycles. The molecule has 4 aromatic rings. The molecule has 0 unspecified atom stereocenters. The SMILES string of the molecule is COc1ccc2[nH]cc(CCN3C(=O)C(=O)C(=C(O)c4ccc(F)cc4)[C@H]3c3ccc(O)c(OC)c3)c2c1. The molecule has 0 bridgehead atoms. The first-order valence-electron chi connectivity index (χ1n) is 11.9. The standard InChI is InChI=1S/C29H25FN2O6/c1-37-20-8-9-22-21(14-20)18(15-31-22)11-12-32-26(17-5-10-23(33)24(13-17)38-2)25(28(35)29(32)36)27(34)16-3-6-19(30)7-4-16/h3-10,13-15,26,31,33-34H,11-12H2,1-2H3/t26-/m1/s1. The number of ketones is 1. The third-order valence-corrected chi connectivity index (χ3v) is 6.77. The monoisotopic (exact) mass is 516 g/mol. The summed E-state index contributed by atoms with van der Waals surface area (Å²) >= 11 is 0. The zero-order valence-corrected chi connectivity index (χ0v) is 20.7. The fraction of sp³-hybridized carbons (Fsp3) is 0.172. The second-order valence-electron chi connectivity index (χ2n) is 8.91. The van der Waals surface area contributed by atoms with Gasteiger partial charge in [0.05, 0.1) is 25.8 Å². The van der Waals surface area contributed by atoms with Crippen LogP contribution in [-0.2, 0) is 16.0 Å². The van der Waals surface area contributed by atoms with Gasteiger partial charge in [0.15, 0.2) is 11.5 Å². The number of aliphatic hydroxyl groups is 1. The molecule has 1 aliphatic heterocycles. The number of nitrogens with one attached hydrogen (secondary N) is 1. The van der Waals surface area contributed by atoms with Crippen LogP contribution in [0.5, 0.6) is 17.2 Å². The highest BCUT2D eigenvalue weighted by Crippen LogP contribution is 2.42. The summed E-state index contributed by atoms with van der Waals surface area (Å²) in [6.45, 7) is 0.156. The number of methoxy groups -OCH3 is 2. The first kappa shape index (κ1) is 24.9. The molecule has 8 nitrogen and oxygen atoms in total. The lowest BCUT2D eigenvalue weighted by molar-refractivity contribution is -0.139. The maximum absolute atomic E-state index is 13.5. The number of carbonyl (C=O) groups is 2. The number of likely N-dealkylation sites (tertiary alicyclic amines) is 1. The Hall–Kier alpha value is -4.79. The van der Waals surface area contributed by atoms with Crippen LogP contribution in [0.2, 0.25) is 0 Å². The average molecular weight is 517 g/mol. The highest BCUT2D eigenvalue weighted by Gasteiger charge is 2.46. The molecule has 1 amide bonds. The molecule has 3 aromatic carbocycles. The van der Waals surface area contributed by atoms with E-state index in [2.05, 4.69) is 4.98 Å². The average Bonchev–Trinajstić information content (AvgIpc) is 3.45. The van der Waals surface area contributed by atoms with Gasteiger partial charge in [-0.05, 0) is 72.1 Å². The number of halogens is 1. The highest BCUT2D eigenvalue weighted by atomic mass is 19.1. The number of hydrogen-bond donors (Lipinski definition) is 3. The van der Waals surface area contributed by atoms with E-state index in [9.17, 15) is 24.2 Å². The Kier molecular flexibility index (Phi) is 6.50. The topological polar surface area (TPSA) is 112 Å². The van der Waals surface area contributed by atoms with Crippen molar-refractivity contribution in [3.05, 3.63) is 94.9 Å². The number of hydrogen-bond acceptors (Lipinski definition) is 6. The Morgan fingerprint density at radius 2 is 1.79 bits per heavy atom. The van der Waals surface area contributed by atoms with Crippen molar-refractivity contribution in [3.63, 3.8) is 0 Å². The van der Waals surface area contributed by atoms with Gasteiger partial charge in [-0.3, -0.25) is 9.59 Å². The number of phenolic OH excluding ortho intramolecular Hbond substituents is 1. The third kappa shape index (κ3) is 4.32. The van der Waals surface area contributed by atoms with Gasteiger partial charge in [0.1, 0.15) is 17.3 Å².